The molecule has 1 saturated heterocycles. The second-order valence-electron chi connectivity index (χ2n) is 5.46. The van der Waals surface area contributed by atoms with Crippen molar-refractivity contribution in [2.75, 3.05) is 13.1 Å². The van der Waals surface area contributed by atoms with E-state index >= 15 is 0 Å². The van der Waals surface area contributed by atoms with Gasteiger partial charge in [0.25, 0.3) is 0 Å². The average molecular weight is 235 g/mol. The summed E-state index contributed by atoms with van der Waals surface area (Å²) in [5, 5.41) is 7.73. The number of rotatable bonds is 4. The van der Waals surface area contributed by atoms with Gasteiger partial charge in [0, 0.05) is 37.3 Å². The van der Waals surface area contributed by atoms with Crippen LogP contribution in [0.2, 0.25) is 0 Å². The molecule has 1 aromatic rings. The first-order valence-corrected chi connectivity index (χ1v) is 6.62. The summed E-state index contributed by atoms with van der Waals surface area (Å²) in [6, 6.07) is 1.52. The highest BCUT2D eigenvalue weighted by molar-refractivity contribution is 5.20. The van der Waals surface area contributed by atoms with E-state index in [4.69, 9.17) is 4.52 Å². The van der Waals surface area contributed by atoms with E-state index < -0.39 is 0 Å². The van der Waals surface area contributed by atoms with E-state index in [9.17, 15) is 0 Å². The maximum atomic E-state index is 5.21. The van der Waals surface area contributed by atoms with E-state index in [1.165, 1.54) is 37.9 Å². The molecule has 4 heteroatoms. The Kier molecular flexibility index (Phi) is 2.92. The molecule has 0 radical (unpaired) electrons. The highest BCUT2D eigenvalue weighted by atomic mass is 16.5. The molecule has 94 valence electrons. The third-order valence-electron chi connectivity index (χ3n) is 3.88. The Bertz CT molecular complexity index is 378. The van der Waals surface area contributed by atoms with Crippen molar-refractivity contribution in [1.29, 1.82) is 0 Å². The predicted molar refractivity (Wildman–Crippen MR) is 65.8 cm³/mol. The van der Waals surface area contributed by atoms with Crippen molar-refractivity contribution in [2.24, 2.45) is 0 Å². The van der Waals surface area contributed by atoms with Crippen LogP contribution in [-0.2, 0) is 6.54 Å². The molecular weight excluding hydrogens is 214 g/mol. The van der Waals surface area contributed by atoms with Crippen LogP contribution in [0.25, 0.3) is 0 Å². The molecule has 1 N–H and O–H groups in total. The number of nitrogens with one attached hydrogen (secondary N) is 1. The van der Waals surface area contributed by atoms with Gasteiger partial charge in [0.2, 0.25) is 0 Å². The minimum absolute atomic E-state index is 0.697. The van der Waals surface area contributed by atoms with Gasteiger partial charge in [-0.05, 0) is 33.1 Å². The number of aromatic nitrogens is 1. The Balaban J connectivity index is 1.56. The normalized spacial score (nSPS) is 25.6. The number of nitrogens with zero attached hydrogens (tertiary/aromatic N) is 2. The molecule has 0 bridgehead atoms. The van der Waals surface area contributed by atoms with Gasteiger partial charge in [-0.15, -0.1) is 0 Å². The van der Waals surface area contributed by atoms with Crippen molar-refractivity contribution in [3.05, 3.63) is 17.0 Å². The highest BCUT2D eigenvalue weighted by Gasteiger charge is 2.29. The topological polar surface area (TPSA) is 41.3 Å². The van der Waals surface area contributed by atoms with Crippen LogP contribution in [0.15, 0.2) is 4.52 Å². The van der Waals surface area contributed by atoms with Crippen LogP contribution < -0.4 is 5.32 Å². The summed E-state index contributed by atoms with van der Waals surface area (Å²) < 4.78 is 5.21. The van der Waals surface area contributed by atoms with E-state index in [1.54, 1.807) is 0 Å². The summed E-state index contributed by atoms with van der Waals surface area (Å²) in [6.45, 7) is 7.38. The fraction of sp³-hybridized carbons (Fsp3) is 0.769. The molecule has 0 amide bonds. The smallest absolute Gasteiger partial charge is 0.138 e. The Morgan fingerprint density at radius 2 is 2.12 bits per heavy atom. The molecule has 2 aliphatic rings. The Labute approximate surface area is 102 Å². The molecule has 1 aliphatic carbocycles. The number of hydrogen-bond acceptors (Lipinski definition) is 4. The molecular formula is C13H21N3O. The lowest BCUT2D eigenvalue weighted by atomic mass is 10.2. The monoisotopic (exact) mass is 235 g/mol. The molecule has 1 atom stereocenters. The zero-order chi connectivity index (χ0) is 11.8. The van der Waals surface area contributed by atoms with Gasteiger partial charge in [0.1, 0.15) is 5.76 Å². The summed E-state index contributed by atoms with van der Waals surface area (Å²) in [5.41, 5.74) is 2.32. The molecule has 1 aliphatic heterocycles. The predicted octanol–water partition coefficient (Wildman–Crippen LogP) is 1.62. The minimum Gasteiger partial charge on any atom is -0.361 e. The quantitative estimate of drug-likeness (QED) is 0.861. The molecule has 17 heavy (non-hydrogen) atoms. The van der Waals surface area contributed by atoms with Gasteiger partial charge >= 0.3 is 0 Å². The first-order chi connectivity index (χ1) is 8.22. The van der Waals surface area contributed by atoms with Crippen LogP contribution >= 0.6 is 0 Å². The molecule has 0 aromatic carbocycles. The van der Waals surface area contributed by atoms with E-state index in [1.807, 2.05) is 13.8 Å². The van der Waals surface area contributed by atoms with E-state index in [2.05, 4.69) is 15.4 Å². The van der Waals surface area contributed by atoms with Gasteiger partial charge in [0.15, 0.2) is 0 Å². The van der Waals surface area contributed by atoms with Crippen LogP contribution in [0.3, 0.4) is 0 Å². The molecule has 2 fully saturated rings. The fourth-order valence-corrected chi connectivity index (χ4v) is 2.65. The molecule has 3 rings (SSSR count). The van der Waals surface area contributed by atoms with E-state index in [0.717, 1.165) is 24.0 Å². The van der Waals surface area contributed by atoms with Crippen LogP contribution in [0.5, 0.6) is 0 Å². The van der Waals surface area contributed by atoms with Gasteiger partial charge in [-0.25, -0.2) is 0 Å². The van der Waals surface area contributed by atoms with E-state index in [0.29, 0.717) is 6.04 Å². The summed E-state index contributed by atoms with van der Waals surface area (Å²) in [6.07, 6.45) is 4.03. The van der Waals surface area contributed by atoms with Crippen LogP contribution in [0.1, 0.15) is 36.3 Å². The summed E-state index contributed by atoms with van der Waals surface area (Å²) >= 11 is 0. The van der Waals surface area contributed by atoms with Gasteiger partial charge in [0.05, 0.1) is 5.69 Å². The van der Waals surface area contributed by atoms with Crippen molar-refractivity contribution in [2.45, 2.75) is 51.7 Å². The molecule has 1 aromatic heterocycles. The average Bonchev–Trinajstić information content (AvgIpc) is 2.92. The summed E-state index contributed by atoms with van der Waals surface area (Å²) in [4.78, 5) is 2.51. The fourth-order valence-electron chi connectivity index (χ4n) is 2.65. The first-order valence-electron chi connectivity index (χ1n) is 6.62. The molecule has 1 unspecified atom stereocenters. The van der Waals surface area contributed by atoms with Gasteiger partial charge in [-0.3, -0.25) is 4.90 Å². The van der Waals surface area contributed by atoms with Crippen molar-refractivity contribution in [3.63, 3.8) is 0 Å². The Morgan fingerprint density at radius 1 is 1.29 bits per heavy atom. The van der Waals surface area contributed by atoms with Gasteiger partial charge < -0.3 is 9.84 Å². The SMILES string of the molecule is Cc1noc(C)c1CN1CCC(NC2CC2)C1. The zero-order valence-corrected chi connectivity index (χ0v) is 10.7. The number of aryl methyl sites for hydroxylation is 2. The van der Waals surface area contributed by atoms with E-state index in [-0.39, 0.29) is 0 Å². The Hall–Kier alpha value is -0.870. The maximum Gasteiger partial charge on any atom is 0.138 e. The summed E-state index contributed by atoms with van der Waals surface area (Å²) in [7, 11) is 0. The molecule has 4 nitrogen and oxygen atoms in total. The van der Waals surface area contributed by atoms with Crippen molar-refractivity contribution in [3.8, 4) is 0 Å². The van der Waals surface area contributed by atoms with Crippen LogP contribution in [0, 0.1) is 13.8 Å². The lowest BCUT2D eigenvalue weighted by Crippen LogP contribution is -2.33. The second-order valence-corrected chi connectivity index (χ2v) is 5.46. The Morgan fingerprint density at radius 3 is 2.76 bits per heavy atom. The lowest BCUT2D eigenvalue weighted by molar-refractivity contribution is 0.315. The number of likely N-dealkylation sites (tertiary alicyclic amines) is 1. The van der Waals surface area contributed by atoms with Crippen molar-refractivity contribution < 1.29 is 4.52 Å². The number of hydrogen-bond donors (Lipinski definition) is 1. The third kappa shape index (κ3) is 2.53. The lowest BCUT2D eigenvalue weighted by Gasteiger charge is -2.16. The van der Waals surface area contributed by atoms with Crippen LogP contribution in [0.4, 0.5) is 0 Å². The third-order valence-corrected chi connectivity index (χ3v) is 3.88. The van der Waals surface area contributed by atoms with Crippen molar-refractivity contribution >= 4 is 0 Å². The molecule has 2 heterocycles. The summed E-state index contributed by atoms with van der Waals surface area (Å²) in [5.74, 6) is 0.973. The van der Waals surface area contributed by atoms with Gasteiger partial charge in [-0.1, -0.05) is 5.16 Å². The molecule has 1 saturated carbocycles. The highest BCUT2D eigenvalue weighted by Crippen LogP contribution is 2.23. The molecule has 0 spiro atoms. The first kappa shape index (κ1) is 11.2. The van der Waals surface area contributed by atoms with Crippen LogP contribution in [-0.4, -0.2) is 35.2 Å². The maximum absolute atomic E-state index is 5.21. The largest absolute Gasteiger partial charge is 0.361 e. The van der Waals surface area contributed by atoms with Crippen molar-refractivity contribution in [1.82, 2.24) is 15.4 Å². The minimum atomic E-state index is 0.697. The standard InChI is InChI=1S/C13H21N3O/c1-9-13(10(2)17-15-9)8-16-6-5-12(7-16)14-11-3-4-11/h11-12,14H,3-8H2,1-2H3. The van der Waals surface area contributed by atoms with Gasteiger partial charge in [-0.2, -0.15) is 0 Å². The second kappa shape index (κ2) is 4.42. The zero-order valence-electron chi connectivity index (χ0n) is 10.7.